The van der Waals surface area contributed by atoms with Crippen LogP contribution in [-0.2, 0) is 37.9 Å². The van der Waals surface area contributed by atoms with Crippen molar-refractivity contribution in [3.8, 4) is 0 Å². The van der Waals surface area contributed by atoms with Crippen molar-refractivity contribution in [3.63, 3.8) is 0 Å². The Morgan fingerprint density at radius 3 is 1.56 bits per heavy atom. The van der Waals surface area contributed by atoms with Crippen molar-refractivity contribution in [1.29, 1.82) is 0 Å². The standard InChI is InChI=1S/C55H94O24/c1-9-55-17-16-24(53(55,7)18-32(60)54(8)26-12-15-33(51(3,4)25(26)11-13-31(54)55)76-47-41(67)38(64)35(61)27(19-56)72-47)23(2)10-14-34(52(5,6)71)77-50-46(79-49-43(69)40(66)37(63)29(21-58)74-49)44(70)45(30(22-59)75-50)78-48-42(68)39(65)36(62)28(20-57)73-48/h11,23-24,26-50,56-71H,9-10,12-22H2,1-8H3/t23-,24?,26?,27-,28-,29+,30-,31?,32-,33+,34-,35-,36-,37+,38+,39+,40-,41-,42-,43+,44+,45-,46-,47+,48-,49-,50+,53-,54+,55+/m1/s1. The van der Waals surface area contributed by atoms with Gasteiger partial charge in [-0.15, -0.1) is 0 Å². The van der Waals surface area contributed by atoms with E-state index in [9.17, 15) is 81.7 Å². The molecule has 0 aromatic rings. The van der Waals surface area contributed by atoms with Gasteiger partial charge in [0, 0.05) is 10.8 Å². The van der Waals surface area contributed by atoms with Gasteiger partial charge >= 0.3 is 0 Å². The molecule has 4 heterocycles. The van der Waals surface area contributed by atoms with E-state index in [2.05, 4.69) is 47.6 Å². The van der Waals surface area contributed by atoms with Crippen molar-refractivity contribution >= 4 is 0 Å². The molecule has 458 valence electrons. The summed E-state index contributed by atoms with van der Waals surface area (Å²) < 4.78 is 48.3. The molecule has 8 rings (SSSR count). The summed E-state index contributed by atoms with van der Waals surface area (Å²) >= 11 is 0. The third-order valence-electron chi connectivity index (χ3n) is 21.1. The second-order valence-corrected chi connectivity index (χ2v) is 25.9. The fourth-order valence-electron chi connectivity index (χ4n) is 16.3. The summed E-state index contributed by atoms with van der Waals surface area (Å²) in [5.41, 5.74) is -2.01. The third kappa shape index (κ3) is 11.1. The zero-order valence-electron chi connectivity index (χ0n) is 46.8. The number of rotatable bonds is 18. The molecule has 16 N–H and O–H groups in total. The molecular formula is C55H94O24. The predicted octanol–water partition coefficient (Wildman–Crippen LogP) is -2.84. The van der Waals surface area contributed by atoms with E-state index in [0.717, 1.165) is 25.7 Å². The maximum absolute atomic E-state index is 12.8. The van der Waals surface area contributed by atoms with Crippen molar-refractivity contribution in [2.24, 2.45) is 45.3 Å². The second kappa shape index (κ2) is 24.3. The van der Waals surface area contributed by atoms with Crippen molar-refractivity contribution in [2.75, 3.05) is 26.4 Å². The number of fused-ring (bicyclic) bond motifs is 5. The van der Waals surface area contributed by atoms with Crippen molar-refractivity contribution < 1.29 is 120 Å². The molecule has 0 spiro atoms. The average molecular weight is 1140 g/mol. The van der Waals surface area contributed by atoms with Gasteiger partial charge in [-0.25, -0.2) is 0 Å². The van der Waals surface area contributed by atoms with Crippen molar-refractivity contribution in [2.45, 2.75) is 260 Å². The first kappa shape index (κ1) is 63.8. The lowest BCUT2D eigenvalue weighted by Gasteiger charge is -2.68. The van der Waals surface area contributed by atoms with Crippen molar-refractivity contribution in [1.82, 2.24) is 0 Å². The topological polar surface area (TPSA) is 398 Å². The molecule has 3 saturated carbocycles. The Labute approximate surface area is 461 Å². The molecule has 8 aliphatic rings. The van der Waals surface area contributed by atoms with E-state index >= 15 is 0 Å². The Bertz CT molecular complexity index is 2040. The highest BCUT2D eigenvalue weighted by Crippen LogP contribution is 2.76. The monoisotopic (exact) mass is 1140 g/mol. The fraction of sp³-hybridized carbons (Fsp3) is 0.964. The van der Waals surface area contributed by atoms with Crippen LogP contribution in [0.2, 0.25) is 0 Å². The van der Waals surface area contributed by atoms with Crippen LogP contribution in [0.4, 0.5) is 0 Å². The van der Waals surface area contributed by atoms with E-state index < -0.39 is 184 Å². The Morgan fingerprint density at radius 1 is 0.595 bits per heavy atom. The molecule has 79 heavy (non-hydrogen) atoms. The highest BCUT2D eigenvalue weighted by molar-refractivity contribution is 5.32. The number of aliphatic hydroxyl groups excluding tert-OH is 15. The van der Waals surface area contributed by atoms with Gasteiger partial charge in [0.15, 0.2) is 25.2 Å². The van der Waals surface area contributed by atoms with Gasteiger partial charge in [-0.1, -0.05) is 53.2 Å². The summed E-state index contributed by atoms with van der Waals surface area (Å²) in [6, 6.07) is 0. The van der Waals surface area contributed by atoms with Crippen LogP contribution >= 0.6 is 0 Å². The van der Waals surface area contributed by atoms with Gasteiger partial charge in [0.05, 0.1) is 50.3 Å². The van der Waals surface area contributed by atoms with E-state index in [1.54, 1.807) is 0 Å². The van der Waals surface area contributed by atoms with Crippen LogP contribution in [0.25, 0.3) is 0 Å². The van der Waals surface area contributed by atoms with E-state index in [1.807, 2.05) is 0 Å². The normalized spacial score (nSPS) is 50.9. The zero-order valence-corrected chi connectivity index (χ0v) is 46.8. The van der Waals surface area contributed by atoms with E-state index in [1.165, 1.54) is 19.4 Å². The van der Waals surface area contributed by atoms with Gasteiger partial charge < -0.3 is 120 Å². The fourth-order valence-corrected chi connectivity index (χ4v) is 16.3. The van der Waals surface area contributed by atoms with Gasteiger partial charge in [0.1, 0.15) is 97.7 Å². The number of hydrogen-bond acceptors (Lipinski definition) is 24. The van der Waals surface area contributed by atoms with Crippen LogP contribution in [0.1, 0.15) is 113 Å². The smallest absolute Gasteiger partial charge is 0.187 e. The second-order valence-electron chi connectivity index (χ2n) is 25.9. The van der Waals surface area contributed by atoms with E-state index in [4.69, 9.17) is 37.9 Å². The molecule has 0 bridgehead atoms. The summed E-state index contributed by atoms with van der Waals surface area (Å²) in [6.45, 7) is 13.2. The van der Waals surface area contributed by atoms with Crippen LogP contribution in [0, 0.1) is 45.3 Å². The van der Waals surface area contributed by atoms with Crippen LogP contribution in [-0.4, -0.2) is 255 Å². The molecule has 3 unspecified atom stereocenters. The molecule has 24 nitrogen and oxygen atoms in total. The molecule has 4 aliphatic carbocycles. The van der Waals surface area contributed by atoms with Gasteiger partial charge in [-0.05, 0) is 106 Å². The molecule has 4 aliphatic heterocycles. The number of hydrogen-bond donors (Lipinski definition) is 16. The minimum atomic E-state index is -1.96. The first-order chi connectivity index (χ1) is 37.0. The molecule has 0 aromatic carbocycles. The number of allylic oxidation sites excluding steroid dienone is 1. The molecule has 24 heteroatoms. The van der Waals surface area contributed by atoms with Gasteiger partial charge in [0.2, 0.25) is 0 Å². The molecule has 0 amide bonds. The van der Waals surface area contributed by atoms with Gasteiger partial charge in [-0.2, -0.15) is 0 Å². The lowest BCUT2D eigenvalue weighted by Crippen LogP contribution is -2.67. The highest BCUT2D eigenvalue weighted by atomic mass is 16.8. The summed E-state index contributed by atoms with van der Waals surface area (Å²) in [5, 5.41) is 173. The molecule has 30 atom stereocenters. The maximum Gasteiger partial charge on any atom is 0.187 e. The van der Waals surface area contributed by atoms with Crippen LogP contribution in [0.15, 0.2) is 11.6 Å². The Hall–Kier alpha value is -1.22. The Morgan fingerprint density at radius 2 is 1.08 bits per heavy atom. The molecule has 0 aromatic heterocycles. The summed E-state index contributed by atoms with van der Waals surface area (Å²) in [4.78, 5) is 0. The Balaban J connectivity index is 1.01. The first-order valence-electron chi connectivity index (χ1n) is 28.6. The lowest BCUT2D eigenvalue weighted by atomic mass is 9.37. The first-order valence-corrected chi connectivity index (χ1v) is 28.6. The molecule has 4 saturated heterocycles. The number of ether oxygens (including phenoxy) is 8. The van der Waals surface area contributed by atoms with E-state index in [0.29, 0.717) is 25.7 Å². The predicted molar refractivity (Wildman–Crippen MR) is 272 cm³/mol. The third-order valence-corrected chi connectivity index (χ3v) is 21.1. The minimum Gasteiger partial charge on any atom is -0.394 e. The van der Waals surface area contributed by atoms with Gasteiger partial charge in [-0.3, -0.25) is 0 Å². The molecule has 7 fully saturated rings. The SMILES string of the molecule is CC[C@@]12CCC([C@H](C)CC[C@@H](O[C@@H]3O[C@H](CO)[C@@H](O[C@H]4O[C@H](CO)[C@@H](O)[C@H](O)[C@H]4O)[C@H](O)[C@H]3O[C@H]3O[C@@H](CO)[C@H](O)[C@@H](O)[C@@H]3O)C(C)(C)O)[C@@]1(C)C[C@@H](O)[C@@]1(C)C3CC[C@H](O[C@@H]4O[C@H](CO)[C@@H](O)[C@H](O)[C@H]4O)C(C)(C)C3=CCC12. The summed E-state index contributed by atoms with van der Waals surface area (Å²) in [7, 11) is 0. The van der Waals surface area contributed by atoms with E-state index in [-0.39, 0.29) is 40.9 Å². The van der Waals surface area contributed by atoms with Crippen LogP contribution in [0.5, 0.6) is 0 Å². The van der Waals surface area contributed by atoms with Crippen LogP contribution in [0.3, 0.4) is 0 Å². The summed E-state index contributed by atoms with van der Waals surface area (Å²) in [6.07, 6.45) is -27.2. The van der Waals surface area contributed by atoms with Gasteiger partial charge in [0.25, 0.3) is 0 Å². The quantitative estimate of drug-likeness (QED) is 0.0615. The summed E-state index contributed by atoms with van der Waals surface area (Å²) in [5.74, 6) is 0.244. The largest absolute Gasteiger partial charge is 0.394 e. The average Bonchev–Trinajstić information content (AvgIpc) is 3.61. The zero-order chi connectivity index (χ0) is 58.2. The maximum atomic E-state index is 12.8. The Kier molecular flexibility index (Phi) is 19.6. The highest BCUT2D eigenvalue weighted by Gasteiger charge is 2.71. The number of aliphatic hydroxyl groups is 16. The minimum absolute atomic E-state index is 0.00704. The van der Waals surface area contributed by atoms with Crippen LogP contribution < -0.4 is 0 Å². The molecule has 0 radical (unpaired) electrons. The lowest BCUT2D eigenvalue weighted by molar-refractivity contribution is -0.393. The molecular weight excluding hydrogens is 1040 g/mol. The van der Waals surface area contributed by atoms with Crippen molar-refractivity contribution in [3.05, 3.63) is 11.6 Å².